The average molecular weight is 568 g/mol. The lowest BCUT2D eigenvalue weighted by Crippen LogP contribution is -2.61. The van der Waals surface area contributed by atoms with E-state index < -0.39 is 72.4 Å². The van der Waals surface area contributed by atoms with Crippen molar-refractivity contribution in [3.63, 3.8) is 0 Å². The molecule has 32 heavy (non-hydrogen) atoms. The third-order valence-corrected chi connectivity index (χ3v) is 4.93. The number of carbonyl (C=O) groups excluding carboxylic acids is 4. The maximum Gasteiger partial charge on any atom is 0.330 e. The van der Waals surface area contributed by atoms with Gasteiger partial charge in [-0.25, -0.2) is 4.79 Å². The smallest absolute Gasteiger partial charge is 0.330 e. The number of ether oxygens (including phenoxy) is 5. The third kappa shape index (κ3) is 6.38. The number of nitrogens with zero attached hydrogens (tertiary/aromatic N) is 1. The van der Waals surface area contributed by atoms with Gasteiger partial charge in [0, 0.05) is 33.9 Å². The molecule has 0 bridgehead atoms. The molecule has 0 saturated carbocycles. The summed E-state index contributed by atoms with van der Waals surface area (Å²) in [5, 5.41) is 0. The van der Waals surface area contributed by atoms with Crippen molar-refractivity contribution in [2.45, 2.75) is 58.3 Å². The minimum atomic E-state index is -1.46. The minimum absolute atomic E-state index is 0.107. The number of esters is 4. The first kappa shape index (κ1) is 25.5. The van der Waals surface area contributed by atoms with Gasteiger partial charge in [0.15, 0.2) is 24.5 Å². The summed E-state index contributed by atoms with van der Waals surface area (Å²) in [5.41, 5.74) is -1.56. The molecule has 1 saturated heterocycles. The van der Waals surface area contributed by atoms with Crippen LogP contribution in [0.15, 0.2) is 15.8 Å². The number of hydrogen-bond acceptors (Lipinski definition) is 11. The van der Waals surface area contributed by atoms with Crippen molar-refractivity contribution in [2.24, 2.45) is 0 Å². The standard InChI is InChI=1S/C18H21IN2O11/c1-7(22)28-6-12-13(29-8(2)23)14(30-9(3)24)15(31-10(4)25)17(32-12)21-5-11(19)16(26)20-18(21)27/h5,12-15,17H,6H2,1-4H3,(H,20,26,27)/t12-,13-,14+,15+,17-/m1/s1. The number of H-pyrrole nitrogens is 1. The van der Waals surface area contributed by atoms with Gasteiger partial charge in [-0.3, -0.25) is 33.5 Å². The van der Waals surface area contributed by atoms with Crippen molar-refractivity contribution >= 4 is 46.5 Å². The Morgan fingerprint density at radius 1 is 0.938 bits per heavy atom. The number of aromatic nitrogens is 2. The molecule has 1 fully saturated rings. The number of aromatic amines is 1. The van der Waals surface area contributed by atoms with E-state index in [1.54, 1.807) is 22.6 Å². The van der Waals surface area contributed by atoms with Crippen LogP contribution in [0.1, 0.15) is 33.9 Å². The topological polar surface area (TPSA) is 169 Å². The summed E-state index contributed by atoms with van der Waals surface area (Å²) in [4.78, 5) is 73.0. The predicted molar refractivity (Wildman–Crippen MR) is 111 cm³/mol. The van der Waals surface area contributed by atoms with Gasteiger partial charge in [0.1, 0.15) is 12.7 Å². The highest BCUT2D eigenvalue weighted by Gasteiger charge is 2.53. The quantitative estimate of drug-likeness (QED) is 0.264. The molecule has 2 heterocycles. The summed E-state index contributed by atoms with van der Waals surface area (Å²) in [6.45, 7) is 3.95. The highest BCUT2D eigenvalue weighted by atomic mass is 127. The van der Waals surface area contributed by atoms with Crippen molar-refractivity contribution in [3.05, 3.63) is 30.6 Å². The Kier molecular flexibility index (Phi) is 8.54. The fourth-order valence-electron chi connectivity index (χ4n) is 3.08. The van der Waals surface area contributed by atoms with Gasteiger partial charge in [-0.05, 0) is 22.6 Å². The van der Waals surface area contributed by atoms with Crippen molar-refractivity contribution in [2.75, 3.05) is 6.61 Å². The lowest BCUT2D eigenvalue weighted by molar-refractivity contribution is -0.269. The third-order valence-electron chi connectivity index (χ3n) is 4.16. The van der Waals surface area contributed by atoms with Crippen LogP contribution in [0.4, 0.5) is 0 Å². The van der Waals surface area contributed by atoms with E-state index in [-0.39, 0.29) is 3.57 Å². The molecule has 0 aliphatic carbocycles. The molecular weight excluding hydrogens is 547 g/mol. The molecule has 5 atom stereocenters. The van der Waals surface area contributed by atoms with E-state index in [4.69, 9.17) is 23.7 Å². The monoisotopic (exact) mass is 568 g/mol. The summed E-state index contributed by atoms with van der Waals surface area (Å²) in [6.07, 6.45) is -5.75. The van der Waals surface area contributed by atoms with E-state index in [0.29, 0.717) is 0 Å². The van der Waals surface area contributed by atoms with E-state index in [1.807, 2.05) is 0 Å². The Morgan fingerprint density at radius 2 is 1.47 bits per heavy atom. The molecule has 1 N–H and O–H groups in total. The van der Waals surface area contributed by atoms with Crippen molar-refractivity contribution in [3.8, 4) is 0 Å². The second-order valence-electron chi connectivity index (χ2n) is 6.73. The summed E-state index contributed by atoms with van der Waals surface area (Å²) < 4.78 is 27.7. The maximum atomic E-state index is 12.5. The summed E-state index contributed by atoms with van der Waals surface area (Å²) in [6, 6.07) is 0. The van der Waals surface area contributed by atoms with Gasteiger partial charge in [0.05, 0.1) is 3.57 Å². The van der Waals surface area contributed by atoms with E-state index in [0.717, 1.165) is 38.5 Å². The molecular formula is C18H21IN2O11. The van der Waals surface area contributed by atoms with Gasteiger partial charge in [-0.15, -0.1) is 0 Å². The van der Waals surface area contributed by atoms with Crippen molar-refractivity contribution < 1.29 is 42.9 Å². The van der Waals surface area contributed by atoms with Gasteiger partial charge >= 0.3 is 29.6 Å². The first-order valence-corrected chi connectivity index (χ1v) is 10.3. The maximum absolute atomic E-state index is 12.5. The molecule has 0 amide bonds. The van der Waals surface area contributed by atoms with Crippen LogP contribution < -0.4 is 11.2 Å². The SMILES string of the molecule is CC(=O)OC[C@H]1O[C@@H](n2cc(I)c(=O)[nH]c2=O)[C@@H](OC(C)=O)[C@@H](OC(C)=O)[C@@H]1OC(C)=O. The van der Waals surface area contributed by atoms with Crippen LogP contribution in [0.5, 0.6) is 0 Å². The number of nitrogens with one attached hydrogen (secondary N) is 1. The lowest BCUT2D eigenvalue weighted by Gasteiger charge is -2.44. The highest BCUT2D eigenvalue weighted by molar-refractivity contribution is 14.1. The molecule has 1 aliphatic heterocycles. The zero-order chi connectivity index (χ0) is 24.2. The molecule has 1 aliphatic rings. The van der Waals surface area contributed by atoms with Crippen LogP contribution in [0.3, 0.4) is 0 Å². The first-order chi connectivity index (χ1) is 14.9. The van der Waals surface area contributed by atoms with E-state index in [9.17, 15) is 28.8 Å². The van der Waals surface area contributed by atoms with Crippen molar-refractivity contribution in [1.29, 1.82) is 0 Å². The lowest BCUT2D eigenvalue weighted by atomic mass is 9.97. The van der Waals surface area contributed by atoms with Crippen LogP contribution in [-0.2, 0) is 42.9 Å². The van der Waals surface area contributed by atoms with E-state index in [2.05, 4.69) is 4.98 Å². The van der Waals surface area contributed by atoms with Gasteiger partial charge in [0.2, 0.25) is 0 Å². The molecule has 0 aromatic carbocycles. The van der Waals surface area contributed by atoms with E-state index in [1.165, 1.54) is 0 Å². The minimum Gasteiger partial charge on any atom is -0.463 e. The second kappa shape index (κ2) is 10.7. The first-order valence-electron chi connectivity index (χ1n) is 9.22. The Labute approximate surface area is 194 Å². The Bertz CT molecular complexity index is 1020. The van der Waals surface area contributed by atoms with Crippen LogP contribution in [0.25, 0.3) is 0 Å². The van der Waals surface area contributed by atoms with Gasteiger partial charge in [0.25, 0.3) is 5.56 Å². The summed E-state index contributed by atoms with van der Waals surface area (Å²) in [7, 11) is 0. The zero-order valence-corrected chi connectivity index (χ0v) is 19.6. The van der Waals surface area contributed by atoms with Crippen LogP contribution in [0.2, 0.25) is 0 Å². The van der Waals surface area contributed by atoms with E-state index >= 15 is 0 Å². The number of rotatable bonds is 6. The number of hydrogen-bond donors (Lipinski definition) is 1. The molecule has 0 radical (unpaired) electrons. The summed E-state index contributed by atoms with van der Waals surface area (Å²) >= 11 is 1.68. The van der Waals surface area contributed by atoms with Gasteiger partial charge in [-0.2, -0.15) is 0 Å². The van der Waals surface area contributed by atoms with Crippen LogP contribution >= 0.6 is 22.6 Å². The van der Waals surface area contributed by atoms with Crippen LogP contribution in [0, 0.1) is 3.57 Å². The molecule has 176 valence electrons. The molecule has 0 spiro atoms. The molecule has 2 rings (SSSR count). The van der Waals surface area contributed by atoms with Gasteiger partial charge in [-0.1, -0.05) is 0 Å². The summed E-state index contributed by atoms with van der Waals surface area (Å²) in [5.74, 6) is -3.07. The zero-order valence-electron chi connectivity index (χ0n) is 17.5. The Hall–Kier alpha value is -2.75. The number of carbonyl (C=O) groups is 4. The van der Waals surface area contributed by atoms with Gasteiger partial charge < -0.3 is 23.7 Å². The number of halogens is 1. The van der Waals surface area contributed by atoms with Crippen LogP contribution in [-0.4, -0.2) is 64.5 Å². The molecule has 14 heteroatoms. The second-order valence-corrected chi connectivity index (χ2v) is 7.90. The fraction of sp³-hybridized carbons (Fsp3) is 0.556. The molecule has 13 nitrogen and oxygen atoms in total. The van der Waals surface area contributed by atoms with Crippen molar-refractivity contribution in [1.82, 2.24) is 9.55 Å². The predicted octanol–water partition coefficient (Wildman–Crippen LogP) is -0.603. The molecule has 1 aromatic heterocycles. The molecule has 1 aromatic rings. The average Bonchev–Trinajstić information content (AvgIpc) is 2.65. The largest absolute Gasteiger partial charge is 0.463 e. The Balaban J connectivity index is 2.65. The normalized spacial score (nSPS) is 24.8. The highest BCUT2D eigenvalue weighted by Crippen LogP contribution is 2.34. The Morgan fingerprint density at radius 3 is 2.00 bits per heavy atom. The fourth-order valence-corrected chi connectivity index (χ4v) is 3.51. The molecule has 0 unspecified atom stereocenters.